The largest absolute Gasteiger partial charge is 0.457 e. The fraction of sp³-hybridized carbons (Fsp3) is 0.304. The lowest BCUT2D eigenvalue weighted by Gasteiger charge is -2.13. The second-order valence-corrected chi connectivity index (χ2v) is 6.91. The number of nitrogens with zero attached hydrogens (tertiary/aromatic N) is 4. The van der Waals surface area contributed by atoms with Crippen LogP contribution in [0.5, 0.6) is 0 Å². The lowest BCUT2D eigenvalue weighted by molar-refractivity contribution is 0.0472. The Hall–Kier alpha value is -2.95. The first-order valence-electron chi connectivity index (χ1n) is 10.3. The van der Waals surface area contributed by atoms with Crippen LogP contribution in [-0.4, -0.2) is 40.3 Å². The molecule has 1 aromatic heterocycles. The van der Waals surface area contributed by atoms with E-state index in [0.717, 1.165) is 29.9 Å². The number of aromatic nitrogens is 3. The maximum absolute atomic E-state index is 12.4. The normalized spacial score (nSPS) is 10.9. The molecule has 0 saturated heterocycles. The van der Waals surface area contributed by atoms with Crippen LogP contribution in [0, 0.1) is 0 Å². The average molecular weight is 548 g/mol. The Morgan fingerprint density at radius 3 is 2.62 bits per heavy atom. The number of aliphatic imine (C=N–C) groups is 1. The molecule has 1 heterocycles. The van der Waals surface area contributed by atoms with Crippen LogP contribution in [0.3, 0.4) is 0 Å². The van der Waals surface area contributed by atoms with Gasteiger partial charge in [-0.3, -0.25) is 4.99 Å². The highest BCUT2D eigenvalue weighted by molar-refractivity contribution is 14.0. The van der Waals surface area contributed by atoms with Gasteiger partial charge in [0, 0.05) is 33.1 Å². The number of aryl methyl sites for hydroxylation is 1. The first kappa shape index (κ1) is 25.3. The van der Waals surface area contributed by atoms with Gasteiger partial charge in [0.1, 0.15) is 18.8 Å². The summed E-state index contributed by atoms with van der Waals surface area (Å²) >= 11 is 0. The molecule has 2 N–H and O–H groups in total. The fourth-order valence-corrected chi connectivity index (χ4v) is 3.06. The van der Waals surface area contributed by atoms with Gasteiger partial charge in [-0.05, 0) is 23.3 Å². The van der Waals surface area contributed by atoms with Gasteiger partial charge in [-0.1, -0.05) is 49.4 Å². The number of esters is 1. The summed E-state index contributed by atoms with van der Waals surface area (Å²) in [5, 5.41) is 14.6. The molecule has 8 nitrogen and oxygen atoms in total. The minimum Gasteiger partial charge on any atom is -0.457 e. The smallest absolute Gasteiger partial charge is 0.338 e. The molecule has 0 spiro atoms. The second-order valence-electron chi connectivity index (χ2n) is 6.91. The molecule has 0 bridgehead atoms. The van der Waals surface area contributed by atoms with Crippen molar-refractivity contribution < 1.29 is 9.53 Å². The van der Waals surface area contributed by atoms with Crippen molar-refractivity contribution >= 4 is 35.9 Å². The zero-order valence-corrected chi connectivity index (χ0v) is 20.7. The summed E-state index contributed by atoms with van der Waals surface area (Å²) in [6.45, 7) is 4.29. The van der Waals surface area contributed by atoms with Crippen LogP contribution in [0.1, 0.15) is 34.2 Å². The number of carbonyl (C=O) groups is 1. The summed E-state index contributed by atoms with van der Waals surface area (Å²) < 4.78 is 7.43. The van der Waals surface area contributed by atoms with Crippen LogP contribution in [0.25, 0.3) is 0 Å². The van der Waals surface area contributed by atoms with Crippen LogP contribution in [-0.2, 0) is 30.9 Å². The van der Waals surface area contributed by atoms with Gasteiger partial charge in [-0.2, -0.15) is 0 Å². The SMILES string of the molecule is CCc1nncn1CCNC(=NC)NCc1cccc(C(=O)OCc2ccccc2)c1.I. The van der Waals surface area contributed by atoms with Crippen molar-refractivity contribution in [1.29, 1.82) is 0 Å². The molecule has 0 unspecified atom stereocenters. The van der Waals surface area contributed by atoms with Crippen molar-refractivity contribution in [2.75, 3.05) is 13.6 Å². The average Bonchev–Trinajstić information content (AvgIpc) is 3.28. The topological polar surface area (TPSA) is 93.4 Å². The van der Waals surface area contributed by atoms with Crippen LogP contribution in [0.15, 0.2) is 65.9 Å². The van der Waals surface area contributed by atoms with E-state index in [-0.39, 0.29) is 36.6 Å². The number of rotatable bonds is 9. The summed E-state index contributed by atoms with van der Waals surface area (Å²) in [4.78, 5) is 16.6. The van der Waals surface area contributed by atoms with Gasteiger partial charge in [-0.15, -0.1) is 34.2 Å². The molecule has 0 fully saturated rings. The summed E-state index contributed by atoms with van der Waals surface area (Å²) in [5.74, 6) is 1.30. The first-order valence-corrected chi connectivity index (χ1v) is 10.3. The highest BCUT2D eigenvalue weighted by Gasteiger charge is 2.09. The molecule has 32 heavy (non-hydrogen) atoms. The highest BCUT2D eigenvalue weighted by atomic mass is 127. The van der Waals surface area contributed by atoms with Crippen LogP contribution in [0.4, 0.5) is 0 Å². The van der Waals surface area contributed by atoms with E-state index in [1.54, 1.807) is 19.4 Å². The minimum absolute atomic E-state index is 0. The van der Waals surface area contributed by atoms with Gasteiger partial charge in [-0.25, -0.2) is 4.79 Å². The number of ether oxygens (including phenoxy) is 1. The zero-order valence-electron chi connectivity index (χ0n) is 18.3. The van der Waals surface area contributed by atoms with E-state index in [0.29, 0.717) is 24.6 Å². The first-order chi connectivity index (χ1) is 15.2. The van der Waals surface area contributed by atoms with Gasteiger partial charge < -0.3 is 19.9 Å². The van der Waals surface area contributed by atoms with E-state index in [2.05, 4.69) is 32.7 Å². The van der Waals surface area contributed by atoms with Gasteiger partial charge >= 0.3 is 5.97 Å². The molecule has 0 saturated carbocycles. The van der Waals surface area contributed by atoms with Crippen molar-refractivity contribution in [2.45, 2.75) is 33.0 Å². The predicted molar refractivity (Wildman–Crippen MR) is 135 cm³/mol. The van der Waals surface area contributed by atoms with Crippen molar-refractivity contribution in [1.82, 2.24) is 25.4 Å². The number of benzene rings is 2. The van der Waals surface area contributed by atoms with E-state index < -0.39 is 0 Å². The molecule has 0 aliphatic rings. The van der Waals surface area contributed by atoms with E-state index in [4.69, 9.17) is 4.74 Å². The maximum Gasteiger partial charge on any atom is 0.338 e. The monoisotopic (exact) mass is 548 g/mol. The Balaban J connectivity index is 0.00000363. The lowest BCUT2D eigenvalue weighted by atomic mass is 10.1. The number of carbonyl (C=O) groups excluding carboxylic acids is 1. The quantitative estimate of drug-likeness (QED) is 0.185. The Kier molecular flexibility index (Phi) is 10.6. The third-order valence-corrected chi connectivity index (χ3v) is 4.72. The molecule has 0 radical (unpaired) electrons. The minimum atomic E-state index is -0.339. The van der Waals surface area contributed by atoms with Crippen molar-refractivity contribution in [3.63, 3.8) is 0 Å². The molecule has 3 aromatic rings. The number of guanidine groups is 1. The molecule has 170 valence electrons. The van der Waals surface area contributed by atoms with Crippen LogP contribution in [0.2, 0.25) is 0 Å². The summed E-state index contributed by atoms with van der Waals surface area (Å²) in [6, 6.07) is 17.0. The van der Waals surface area contributed by atoms with E-state index >= 15 is 0 Å². The van der Waals surface area contributed by atoms with Gasteiger partial charge in [0.2, 0.25) is 0 Å². The van der Waals surface area contributed by atoms with Crippen LogP contribution >= 0.6 is 24.0 Å². The molecule has 0 aliphatic heterocycles. The lowest BCUT2D eigenvalue weighted by Crippen LogP contribution is -2.38. The molecule has 2 aromatic carbocycles. The molecular weight excluding hydrogens is 519 g/mol. The number of halogens is 1. The molecule has 9 heteroatoms. The third-order valence-electron chi connectivity index (χ3n) is 4.72. The number of nitrogens with one attached hydrogen (secondary N) is 2. The molecular formula is C23H29IN6O2. The Morgan fingerprint density at radius 1 is 1.09 bits per heavy atom. The van der Waals surface area contributed by atoms with E-state index in [1.807, 2.05) is 53.1 Å². The Bertz CT molecular complexity index is 1010. The Morgan fingerprint density at radius 2 is 1.88 bits per heavy atom. The van der Waals surface area contributed by atoms with Crippen LogP contribution < -0.4 is 10.6 Å². The molecule has 0 amide bonds. The highest BCUT2D eigenvalue weighted by Crippen LogP contribution is 2.09. The van der Waals surface area contributed by atoms with Crippen molar-refractivity contribution in [2.24, 2.45) is 4.99 Å². The van der Waals surface area contributed by atoms with Gasteiger partial charge in [0.15, 0.2) is 5.96 Å². The predicted octanol–water partition coefficient (Wildman–Crippen LogP) is 3.18. The standard InChI is InChI=1S/C23H28N6O2.HI/c1-3-21-28-27-17-29(21)13-12-25-23(24-2)26-15-19-10-7-11-20(14-19)22(30)31-16-18-8-5-4-6-9-18;/h4-11,14,17H,3,12-13,15-16H2,1-2H3,(H2,24,25,26);1H. The molecule has 0 aliphatic carbocycles. The number of hydrogen-bond donors (Lipinski definition) is 2. The van der Waals surface area contributed by atoms with E-state index in [9.17, 15) is 4.79 Å². The Labute approximate surface area is 205 Å². The summed E-state index contributed by atoms with van der Waals surface area (Å²) in [6.07, 6.45) is 2.58. The fourth-order valence-electron chi connectivity index (χ4n) is 3.06. The molecule has 0 atom stereocenters. The maximum atomic E-state index is 12.4. The zero-order chi connectivity index (χ0) is 21.9. The van der Waals surface area contributed by atoms with Crippen molar-refractivity contribution in [3.8, 4) is 0 Å². The number of hydrogen-bond acceptors (Lipinski definition) is 5. The third kappa shape index (κ3) is 7.63. The summed E-state index contributed by atoms with van der Waals surface area (Å²) in [7, 11) is 1.73. The summed E-state index contributed by atoms with van der Waals surface area (Å²) in [5.41, 5.74) is 2.45. The van der Waals surface area contributed by atoms with Gasteiger partial charge in [0.25, 0.3) is 0 Å². The van der Waals surface area contributed by atoms with Gasteiger partial charge in [0.05, 0.1) is 5.56 Å². The molecule has 3 rings (SSSR count). The van der Waals surface area contributed by atoms with Crippen molar-refractivity contribution in [3.05, 3.63) is 83.4 Å². The van der Waals surface area contributed by atoms with E-state index in [1.165, 1.54) is 0 Å². The second kappa shape index (κ2) is 13.5.